The number of aliphatic hydroxyl groups is 1. The van der Waals surface area contributed by atoms with E-state index in [1.54, 1.807) is 24.3 Å². The molecule has 1 saturated carbocycles. The van der Waals surface area contributed by atoms with Gasteiger partial charge in [-0.3, -0.25) is 23.7 Å². The molecular weight excluding hydrogens is 726 g/mol. The Morgan fingerprint density at radius 3 is 2.48 bits per heavy atom. The van der Waals surface area contributed by atoms with Crippen molar-refractivity contribution in [1.29, 1.82) is 0 Å². The van der Waals surface area contributed by atoms with E-state index in [0.717, 1.165) is 34.4 Å². The van der Waals surface area contributed by atoms with Gasteiger partial charge in [-0.15, -0.1) is 0 Å². The van der Waals surface area contributed by atoms with Gasteiger partial charge in [-0.25, -0.2) is 9.36 Å². The Labute approximate surface area is 280 Å². The van der Waals surface area contributed by atoms with Crippen molar-refractivity contribution in [2.45, 2.75) is 68.9 Å². The normalized spacial score (nSPS) is 22.1. The number of nitrogens with one attached hydrogen (secondary N) is 2. The standard InChI is InChI=1S/C31H32BrF3N3O9P/c32-15-12-21-17-38(29(42)36-27(21)40)26-16-24(39)25(46-26)19-45-48(43,47-23-10-8-22(9-11-23)31(33,34)35)37-30(13-4-5-14-30)28(41)44-18-20-6-2-1-3-7-20/h1-3,6-12,15,17,24-26,39H,4-5,13-14,16,18-19H2,(H,37,43)(H,36,40,42)/b15-12+/t24-,25?,26-,48?/m1/s1. The highest BCUT2D eigenvalue weighted by molar-refractivity contribution is 9.11. The van der Waals surface area contributed by atoms with Gasteiger partial charge in [-0.1, -0.05) is 59.1 Å². The van der Waals surface area contributed by atoms with Gasteiger partial charge >= 0.3 is 25.6 Å². The lowest BCUT2D eigenvalue weighted by Crippen LogP contribution is -2.50. The Bertz CT molecular complexity index is 1780. The Kier molecular flexibility index (Phi) is 11.1. The quantitative estimate of drug-likeness (QED) is 0.161. The van der Waals surface area contributed by atoms with Crippen molar-refractivity contribution in [2.24, 2.45) is 0 Å². The Morgan fingerprint density at radius 2 is 1.83 bits per heavy atom. The first kappa shape index (κ1) is 35.8. The van der Waals surface area contributed by atoms with Crippen molar-refractivity contribution < 1.29 is 46.2 Å². The zero-order valence-corrected chi connectivity index (χ0v) is 27.7. The fraction of sp³-hybridized carbons (Fsp3) is 0.387. The summed E-state index contributed by atoms with van der Waals surface area (Å²) in [4.78, 5) is 41.7. The molecule has 0 radical (unpaired) electrons. The number of ether oxygens (including phenoxy) is 2. The van der Waals surface area contributed by atoms with Crippen molar-refractivity contribution in [3.05, 3.63) is 103 Å². The van der Waals surface area contributed by atoms with Crippen LogP contribution in [0.2, 0.25) is 0 Å². The van der Waals surface area contributed by atoms with Crippen LogP contribution in [0.5, 0.6) is 5.75 Å². The number of benzene rings is 2. The molecule has 4 atom stereocenters. The number of hydrogen-bond donors (Lipinski definition) is 3. The van der Waals surface area contributed by atoms with E-state index in [2.05, 4.69) is 26.0 Å². The second-order valence-corrected chi connectivity index (χ2v) is 13.5. The first-order valence-electron chi connectivity index (χ1n) is 14.9. The first-order valence-corrected chi connectivity index (χ1v) is 17.3. The lowest BCUT2D eigenvalue weighted by molar-refractivity contribution is -0.152. The molecular formula is C31H32BrF3N3O9P. The van der Waals surface area contributed by atoms with E-state index < -0.39 is 67.3 Å². The maximum atomic E-state index is 14.4. The molecule has 1 aliphatic heterocycles. The van der Waals surface area contributed by atoms with Crippen LogP contribution in [0.1, 0.15) is 55.0 Å². The molecule has 1 saturated heterocycles. The second kappa shape index (κ2) is 14.9. The van der Waals surface area contributed by atoms with Gasteiger partial charge in [0.05, 0.1) is 23.8 Å². The number of rotatable bonds is 12. The first-order chi connectivity index (χ1) is 22.8. The summed E-state index contributed by atoms with van der Waals surface area (Å²) < 4.78 is 77.9. The number of nitrogens with zero attached hydrogens (tertiary/aromatic N) is 1. The number of carbonyl (C=O) groups is 1. The van der Waals surface area contributed by atoms with Gasteiger partial charge in [-0.05, 0) is 53.7 Å². The van der Waals surface area contributed by atoms with Crippen molar-refractivity contribution in [3.8, 4) is 5.75 Å². The molecule has 2 heterocycles. The van der Waals surface area contributed by atoms with Crippen LogP contribution >= 0.6 is 23.7 Å². The number of aromatic nitrogens is 2. The van der Waals surface area contributed by atoms with Crippen molar-refractivity contribution in [3.63, 3.8) is 0 Å². The van der Waals surface area contributed by atoms with Crippen LogP contribution in [-0.2, 0) is 36.1 Å². The molecule has 2 unspecified atom stereocenters. The Morgan fingerprint density at radius 1 is 1.15 bits per heavy atom. The summed E-state index contributed by atoms with van der Waals surface area (Å²) in [5.74, 6) is -0.964. The molecule has 2 aromatic carbocycles. The van der Waals surface area contributed by atoms with Crippen LogP contribution < -0.4 is 20.9 Å². The lowest BCUT2D eigenvalue weighted by atomic mass is 10.00. The van der Waals surface area contributed by atoms with E-state index in [0.29, 0.717) is 12.8 Å². The minimum Gasteiger partial charge on any atom is -0.459 e. The number of H-pyrrole nitrogens is 1. The summed E-state index contributed by atoms with van der Waals surface area (Å²) >= 11 is 3.07. The average molecular weight is 758 g/mol. The van der Waals surface area contributed by atoms with Crippen molar-refractivity contribution >= 4 is 35.7 Å². The van der Waals surface area contributed by atoms with Gasteiger partial charge in [-0.2, -0.15) is 18.3 Å². The number of alkyl halides is 3. The van der Waals surface area contributed by atoms with Gasteiger partial charge < -0.3 is 19.1 Å². The Balaban J connectivity index is 1.37. The predicted octanol–water partition coefficient (Wildman–Crippen LogP) is 5.42. The predicted molar refractivity (Wildman–Crippen MR) is 170 cm³/mol. The summed E-state index contributed by atoms with van der Waals surface area (Å²) in [5, 5.41) is 13.5. The van der Waals surface area contributed by atoms with E-state index >= 15 is 0 Å². The fourth-order valence-electron chi connectivity index (χ4n) is 5.50. The number of aliphatic hydroxyl groups excluding tert-OH is 1. The summed E-state index contributed by atoms with van der Waals surface area (Å²) in [7, 11) is -4.62. The van der Waals surface area contributed by atoms with Crippen LogP contribution in [0.25, 0.3) is 6.08 Å². The molecule has 258 valence electrons. The molecule has 12 nitrogen and oxygen atoms in total. The van der Waals surface area contributed by atoms with Gasteiger partial charge in [0.25, 0.3) is 5.56 Å². The van der Waals surface area contributed by atoms with E-state index in [4.69, 9.17) is 18.5 Å². The number of carbonyl (C=O) groups excluding carboxylic acids is 1. The second-order valence-electron chi connectivity index (χ2n) is 11.3. The summed E-state index contributed by atoms with van der Waals surface area (Å²) in [6.07, 6.45) is -3.97. The van der Waals surface area contributed by atoms with Gasteiger partial charge in [0.1, 0.15) is 30.2 Å². The van der Waals surface area contributed by atoms with Crippen LogP contribution in [0.3, 0.4) is 0 Å². The van der Waals surface area contributed by atoms with Crippen molar-refractivity contribution in [1.82, 2.24) is 14.6 Å². The molecule has 0 amide bonds. The average Bonchev–Trinajstić information content (AvgIpc) is 3.67. The summed E-state index contributed by atoms with van der Waals surface area (Å²) in [6.45, 7) is -0.640. The van der Waals surface area contributed by atoms with Gasteiger partial charge in [0, 0.05) is 12.6 Å². The Hall–Kier alpha value is -3.53. The summed E-state index contributed by atoms with van der Waals surface area (Å²) in [6, 6.07) is 12.3. The highest BCUT2D eigenvalue weighted by atomic mass is 79.9. The monoisotopic (exact) mass is 757 g/mol. The highest BCUT2D eigenvalue weighted by Crippen LogP contribution is 2.50. The van der Waals surface area contributed by atoms with Gasteiger partial charge in [0.15, 0.2) is 0 Å². The maximum Gasteiger partial charge on any atom is 0.459 e. The molecule has 0 bridgehead atoms. The number of halogens is 4. The van der Waals surface area contributed by atoms with Crippen LogP contribution in [-0.4, -0.2) is 45.0 Å². The number of aromatic amines is 1. The molecule has 1 aliphatic carbocycles. The topological polar surface area (TPSA) is 158 Å². The largest absolute Gasteiger partial charge is 0.459 e. The van der Waals surface area contributed by atoms with Gasteiger partial charge in [0.2, 0.25) is 0 Å². The molecule has 48 heavy (non-hydrogen) atoms. The molecule has 3 N–H and O–H groups in total. The molecule has 1 aromatic heterocycles. The fourth-order valence-corrected chi connectivity index (χ4v) is 7.53. The van der Waals surface area contributed by atoms with E-state index in [9.17, 15) is 37.2 Å². The lowest BCUT2D eigenvalue weighted by Gasteiger charge is -2.32. The minimum absolute atomic E-state index is 0.0607. The smallest absolute Gasteiger partial charge is 0.459 e. The SMILES string of the molecule is O=C(OCc1ccccc1)C1(NP(=O)(OCC2O[C@@H](n3cc(/C=C/Br)c(=O)[nH]c3=O)C[C@H]2O)Oc2ccc(C(F)(F)F)cc2)CCCC1. The molecule has 0 spiro atoms. The van der Waals surface area contributed by atoms with Crippen LogP contribution in [0.4, 0.5) is 13.2 Å². The molecule has 2 aliphatic rings. The minimum atomic E-state index is -4.63. The summed E-state index contributed by atoms with van der Waals surface area (Å²) in [5.41, 5.74) is -3.06. The van der Waals surface area contributed by atoms with E-state index in [1.807, 2.05) is 6.07 Å². The highest BCUT2D eigenvalue weighted by Gasteiger charge is 2.50. The number of hydrogen-bond acceptors (Lipinski definition) is 9. The molecule has 2 fully saturated rings. The van der Waals surface area contributed by atoms with Crippen molar-refractivity contribution in [2.75, 3.05) is 6.61 Å². The third-order valence-electron chi connectivity index (χ3n) is 7.98. The molecule has 17 heteroatoms. The van der Waals surface area contributed by atoms with E-state index in [-0.39, 0.29) is 37.2 Å². The van der Waals surface area contributed by atoms with Crippen LogP contribution in [0, 0.1) is 0 Å². The third kappa shape index (κ3) is 8.54. The zero-order chi connectivity index (χ0) is 34.5. The molecule has 5 rings (SSSR count). The number of esters is 1. The zero-order valence-electron chi connectivity index (χ0n) is 25.2. The molecule has 3 aromatic rings. The van der Waals surface area contributed by atoms with Crippen LogP contribution in [0.15, 0.2) is 75.4 Å². The third-order valence-corrected chi connectivity index (χ3v) is 9.89. The maximum absolute atomic E-state index is 14.4. The van der Waals surface area contributed by atoms with E-state index in [1.165, 1.54) is 17.3 Å².